The van der Waals surface area contributed by atoms with E-state index in [-0.39, 0.29) is 4.90 Å². The van der Waals surface area contributed by atoms with Gasteiger partial charge in [-0.15, -0.1) is 0 Å². The van der Waals surface area contributed by atoms with E-state index in [2.05, 4.69) is 47.1 Å². The van der Waals surface area contributed by atoms with Gasteiger partial charge in [0.1, 0.15) is 5.82 Å². The first-order valence-electron chi connectivity index (χ1n) is 9.37. The van der Waals surface area contributed by atoms with Crippen LogP contribution in [0.25, 0.3) is 0 Å². The topological polar surface area (TPSA) is 71.1 Å². The lowest BCUT2D eigenvalue weighted by atomic mass is 10.0. The van der Waals surface area contributed by atoms with E-state index < -0.39 is 10.0 Å². The minimum Gasteiger partial charge on any atom is -0.340 e. The van der Waals surface area contributed by atoms with Crippen LogP contribution in [0.4, 0.5) is 17.2 Å². The highest BCUT2D eigenvalue weighted by Gasteiger charge is 2.16. The Balaban J connectivity index is 1.81. The predicted molar refractivity (Wildman–Crippen MR) is 115 cm³/mol. The Bertz CT molecular complexity index is 1040. The number of aromatic nitrogens is 1. The van der Waals surface area contributed by atoms with E-state index >= 15 is 0 Å². The molecule has 2 aromatic carbocycles. The first-order chi connectivity index (χ1) is 13.4. The van der Waals surface area contributed by atoms with Gasteiger partial charge in [-0.25, -0.2) is 13.4 Å². The van der Waals surface area contributed by atoms with E-state index in [1.165, 1.54) is 17.3 Å². The van der Waals surface area contributed by atoms with Crippen LogP contribution in [0, 0.1) is 6.92 Å². The van der Waals surface area contributed by atoms with Gasteiger partial charge >= 0.3 is 0 Å². The fraction of sp³-hybridized carbons (Fsp3) is 0.227. The molecule has 5 nitrogen and oxygen atoms in total. The Hall–Kier alpha value is -2.86. The number of rotatable bonds is 7. The summed E-state index contributed by atoms with van der Waals surface area (Å²) >= 11 is 0. The largest absolute Gasteiger partial charge is 0.340 e. The zero-order valence-electron chi connectivity index (χ0n) is 16.4. The molecule has 28 heavy (non-hydrogen) atoms. The maximum absolute atomic E-state index is 12.6. The maximum Gasteiger partial charge on any atom is 0.262 e. The molecule has 1 aromatic heterocycles. The molecule has 0 radical (unpaired) electrons. The number of aryl methyl sites for hydroxylation is 3. The van der Waals surface area contributed by atoms with Gasteiger partial charge in [-0.3, -0.25) is 4.72 Å². The quantitative estimate of drug-likeness (QED) is 0.587. The number of anilines is 3. The molecule has 0 unspecified atom stereocenters. The number of hydrogen-bond donors (Lipinski definition) is 2. The summed E-state index contributed by atoms with van der Waals surface area (Å²) in [5.41, 5.74) is 4.65. The zero-order chi connectivity index (χ0) is 20.1. The van der Waals surface area contributed by atoms with Crippen LogP contribution in [-0.4, -0.2) is 13.4 Å². The van der Waals surface area contributed by atoms with Gasteiger partial charge in [-0.05, 0) is 54.7 Å². The number of nitrogens with one attached hydrogen (secondary N) is 2. The van der Waals surface area contributed by atoms with Gasteiger partial charge in [0, 0.05) is 5.69 Å². The summed E-state index contributed by atoms with van der Waals surface area (Å²) in [6.45, 7) is 6.02. The van der Waals surface area contributed by atoms with Crippen LogP contribution in [-0.2, 0) is 22.9 Å². The molecular formula is C22H25N3O2S. The van der Waals surface area contributed by atoms with Crippen LogP contribution in [0.1, 0.15) is 30.5 Å². The van der Waals surface area contributed by atoms with Crippen LogP contribution >= 0.6 is 0 Å². The zero-order valence-corrected chi connectivity index (χ0v) is 17.2. The van der Waals surface area contributed by atoms with Crippen molar-refractivity contribution >= 4 is 27.2 Å². The average molecular weight is 396 g/mol. The Kier molecular flexibility index (Phi) is 5.99. The van der Waals surface area contributed by atoms with Gasteiger partial charge in [0.05, 0.1) is 16.8 Å². The summed E-state index contributed by atoms with van der Waals surface area (Å²) in [7, 11) is -3.65. The predicted octanol–water partition coefficient (Wildman–Crippen LogP) is 5.06. The lowest BCUT2D eigenvalue weighted by Crippen LogP contribution is -2.14. The first kappa shape index (κ1) is 19.9. The molecule has 0 spiro atoms. The normalized spacial score (nSPS) is 11.2. The van der Waals surface area contributed by atoms with Crippen molar-refractivity contribution in [2.24, 2.45) is 0 Å². The van der Waals surface area contributed by atoms with E-state index in [4.69, 9.17) is 0 Å². The molecule has 3 aromatic rings. The van der Waals surface area contributed by atoms with Crippen LogP contribution in [0.15, 0.2) is 65.7 Å². The van der Waals surface area contributed by atoms with Gasteiger partial charge in [-0.1, -0.05) is 50.2 Å². The van der Waals surface area contributed by atoms with Crippen molar-refractivity contribution in [3.8, 4) is 0 Å². The second-order valence-corrected chi connectivity index (χ2v) is 8.24. The number of pyridine rings is 1. The van der Waals surface area contributed by atoms with E-state index in [0.717, 1.165) is 18.5 Å². The number of nitrogens with zero attached hydrogens (tertiary/aromatic N) is 1. The molecule has 146 valence electrons. The van der Waals surface area contributed by atoms with Crippen molar-refractivity contribution in [3.05, 3.63) is 77.5 Å². The molecule has 0 aliphatic carbocycles. The minimum atomic E-state index is -3.65. The molecule has 3 rings (SSSR count). The van der Waals surface area contributed by atoms with Gasteiger partial charge in [-0.2, -0.15) is 0 Å². The molecule has 0 aliphatic heterocycles. The minimum absolute atomic E-state index is 0.265. The standard InChI is InChI=1S/C22H25N3O2S/c1-4-17-10-8-11-18(5-2)22(17)24-21-14-13-19(15-23-21)25-28(26,27)20-12-7-6-9-16(20)3/h6-15,25H,4-5H2,1-3H3,(H,23,24). The summed E-state index contributed by atoms with van der Waals surface area (Å²) in [5, 5.41) is 3.39. The smallest absolute Gasteiger partial charge is 0.262 e. The van der Waals surface area contributed by atoms with Gasteiger partial charge in [0.2, 0.25) is 0 Å². The summed E-state index contributed by atoms with van der Waals surface area (Å²) in [4.78, 5) is 4.65. The lowest BCUT2D eigenvalue weighted by molar-refractivity contribution is 0.600. The Morgan fingerprint density at radius 1 is 0.893 bits per heavy atom. The average Bonchev–Trinajstić information content (AvgIpc) is 2.69. The fourth-order valence-electron chi connectivity index (χ4n) is 3.13. The van der Waals surface area contributed by atoms with Gasteiger partial charge in [0.25, 0.3) is 10.0 Å². The molecule has 0 fully saturated rings. The van der Waals surface area contributed by atoms with Crippen molar-refractivity contribution in [2.45, 2.75) is 38.5 Å². The third-order valence-corrected chi connectivity index (χ3v) is 6.19. The lowest BCUT2D eigenvalue weighted by Gasteiger charge is -2.15. The summed E-state index contributed by atoms with van der Waals surface area (Å²) in [6, 6.07) is 16.7. The van der Waals surface area contributed by atoms with Gasteiger partial charge in [0.15, 0.2) is 0 Å². The number of hydrogen-bond acceptors (Lipinski definition) is 4. The third-order valence-electron chi connectivity index (χ3n) is 4.65. The van der Waals surface area contributed by atoms with Gasteiger partial charge < -0.3 is 5.32 Å². The molecular weight excluding hydrogens is 370 g/mol. The Labute approximate surface area is 166 Å². The molecule has 6 heteroatoms. The highest BCUT2D eigenvalue weighted by Crippen LogP contribution is 2.26. The fourth-order valence-corrected chi connectivity index (χ4v) is 4.42. The molecule has 0 atom stereocenters. The monoisotopic (exact) mass is 395 g/mol. The second-order valence-electron chi connectivity index (χ2n) is 6.59. The van der Waals surface area contributed by atoms with E-state index in [1.807, 2.05) is 6.07 Å². The molecule has 2 N–H and O–H groups in total. The number of para-hydroxylation sites is 1. The van der Waals surface area contributed by atoms with Crippen molar-refractivity contribution in [1.82, 2.24) is 4.98 Å². The van der Waals surface area contributed by atoms with Crippen molar-refractivity contribution < 1.29 is 8.42 Å². The molecule has 1 heterocycles. The highest BCUT2D eigenvalue weighted by atomic mass is 32.2. The van der Waals surface area contributed by atoms with E-state index in [1.54, 1.807) is 37.3 Å². The number of benzene rings is 2. The van der Waals surface area contributed by atoms with E-state index in [0.29, 0.717) is 17.1 Å². The molecule has 0 bridgehead atoms. The molecule has 0 saturated heterocycles. The summed E-state index contributed by atoms with van der Waals surface area (Å²) < 4.78 is 27.8. The first-order valence-corrected chi connectivity index (χ1v) is 10.8. The Morgan fingerprint density at radius 3 is 2.14 bits per heavy atom. The second kappa shape index (κ2) is 8.44. The van der Waals surface area contributed by atoms with Crippen LogP contribution in [0.2, 0.25) is 0 Å². The van der Waals surface area contributed by atoms with Crippen LogP contribution in [0.3, 0.4) is 0 Å². The van der Waals surface area contributed by atoms with Crippen molar-refractivity contribution in [3.63, 3.8) is 0 Å². The molecule has 0 amide bonds. The maximum atomic E-state index is 12.6. The number of sulfonamides is 1. The third kappa shape index (κ3) is 4.34. The van der Waals surface area contributed by atoms with Crippen LogP contribution in [0.5, 0.6) is 0 Å². The van der Waals surface area contributed by atoms with Crippen molar-refractivity contribution in [2.75, 3.05) is 10.0 Å². The molecule has 0 saturated carbocycles. The summed E-state index contributed by atoms with van der Waals surface area (Å²) in [5.74, 6) is 0.675. The highest BCUT2D eigenvalue weighted by molar-refractivity contribution is 7.92. The summed E-state index contributed by atoms with van der Waals surface area (Å²) in [6.07, 6.45) is 3.37. The SMILES string of the molecule is CCc1cccc(CC)c1Nc1ccc(NS(=O)(=O)c2ccccc2C)cn1. The van der Waals surface area contributed by atoms with Crippen LogP contribution < -0.4 is 10.0 Å². The van der Waals surface area contributed by atoms with Crippen molar-refractivity contribution in [1.29, 1.82) is 0 Å². The van der Waals surface area contributed by atoms with E-state index in [9.17, 15) is 8.42 Å². The molecule has 0 aliphatic rings. The Morgan fingerprint density at radius 2 is 1.57 bits per heavy atom.